The normalized spacial score (nSPS) is 17.7. The van der Waals surface area contributed by atoms with Crippen LogP contribution in [0.1, 0.15) is 0 Å². The average molecular weight is 342 g/mol. The quantitative estimate of drug-likeness (QED) is 0.833. The number of likely N-dealkylation sites (tertiary alicyclic amines) is 1. The predicted molar refractivity (Wildman–Crippen MR) is 93.9 cm³/mol. The fourth-order valence-electron chi connectivity index (χ4n) is 3.06. The van der Waals surface area contributed by atoms with Crippen LogP contribution in [0.15, 0.2) is 43.0 Å². The highest BCUT2D eigenvalue weighted by Crippen LogP contribution is 2.19. The van der Waals surface area contributed by atoms with Crippen molar-refractivity contribution >= 4 is 23.5 Å². The van der Waals surface area contributed by atoms with Gasteiger partial charge in [-0.2, -0.15) is 0 Å². The van der Waals surface area contributed by atoms with Gasteiger partial charge in [-0.25, -0.2) is 4.79 Å². The summed E-state index contributed by atoms with van der Waals surface area (Å²) in [6.45, 7) is 6.42. The van der Waals surface area contributed by atoms with Crippen molar-refractivity contribution in [3.05, 3.63) is 43.0 Å². The maximum absolute atomic E-state index is 12.4. The second-order valence-corrected chi connectivity index (χ2v) is 6.25. The Kier molecular flexibility index (Phi) is 5.02. The second-order valence-electron chi connectivity index (χ2n) is 6.25. The predicted octanol–water partition coefficient (Wildman–Crippen LogP) is 1.01. The van der Waals surface area contributed by atoms with E-state index in [9.17, 15) is 14.4 Å². The van der Waals surface area contributed by atoms with E-state index in [-0.39, 0.29) is 23.8 Å². The van der Waals surface area contributed by atoms with E-state index < -0.39 is 0 Å². The number of carbonyl (C=O) groups excluding carboxylic acids is 3. The van der Waals surface area contributed by atoms with Crippen LogP contribution >= 0.6 is 0 Å². The number of hydrogen-bond donors (Lipinski definition) is 1. The van der Waals surface area contributed by atoms with Crippen molar-refractivity contribution in [2.24, 2.45) is 5.92 Å². The molecular formula is C18H22N4O3. The molecule has 0 bridgehead atoms. The second kappa shape index (κ2) is 7.38. The number of urea groups is 1. The van der Waals surface area contributed by atoms with Crippen molar-refractivity contribution in [1.82, 2.24) is 14.7 Å². The minimum Gasteiger partial charge on any atom is -0.339 e. The molecule has 0 aromatic heterocycles. The van der Waals surface area contributed by atoms with Crippen molar-refractivity contribution in [3.8, 4) is 0 Å². The van der Waals surface area contributed by atoms with Gasteiger partial charge in [0.05, 0.1) is 5.92 Å². The van der Waals surface area contributed by atoms with Crippen LogP contribution in [0, 0.1) is 5.92 Å². The Balaban J connectivity index is 1.44. The molecule has 0 saturated carbocycles. The first-order valence-electron chi connectivity index (χ1n) is 8.39. The standard InChI is InChI=1S/C18H22N4O3/c1-2-16(23)22-12-14(13-22)17(24)20-8-10-21(11-9-20)18(25)19-15-6-4-3-5-7-15/h2-7,14H,1,8-13H2,(H,19,25). The number of hydrogen-bond acceptors (Lipinski definition) is 3. The van der Waals surface area contributed by atoms with Crippen LogP contribution in [0.2, 0.25) is 0 Å². The van der Waals surface area contributed by atoms with E-state index in [1.807, 2.05) is 30.3 Å². The molecule has 2 heterocycles. The summed E-state index contributed by atoms with van der Waals surface area (Å²) in [6, 6.07) is 9.15. The van der Waals surface area contributed by atoms with E-state index in [1.54, 1.807) is 14.7 Å². The van der Waals surface area contributed by atoms with Crippen molar-refractivity contribution in [1.29, 1.82) is 0 Å². The molecule has 0 spiro atoms. The van der Waals surface area contributed by atoms with Gasteiger partial charge in [0.25, 0.3) is 0 Å². The molecule has 0 radical (unpaired) electrons. The van der Waals surface area contributed by atoms with E-state index in [0.717, 1.165) is 5.69 Å². The van der Waals surface area contributed by atoms with Gasteiger partial charge in [-0.1, -0.05) is 24.8 Å². The lowest BCUT2D eigenvalue weighted by atomic mass is 9.98. The van der Waals surface area contributed by atoms with Gasteiger partial charge in [-0.15, -0.1) is 0 Å². The number of para-hydroxylation sites is 1. The Morgan fingerprint density at radius 1 is 0.960 bits per heavy atom. The van der Waals surface area contributed by atoms with Gasteiger partial charge < -0.3 is 20.0 Å². The number of nitrogens with zero attached hydrogens (tertiary/aromatic N) is 3. The minimum absolute atomic E-state index is 0.0660. The first-order valence-corrected chi connectivity index (χ1v) is 8.39. The monoisotopic (exact) mass is 342 g/mol. The molecule has 1 N–H and O–H groups in total. The molecule has 4 amide bonds. The molecule has 132 valence electrons. The lowest BCUT2D eigenvalue weighted by Gasteiger charge is -2.42. The molecule has 2 saturated heterocycles. The average Bonchev–Trinajstić information content (AvgIpc) is 2.61. The minimum atomic E-state index is -0.148. The lowest BCUT2D eigenvalue weighted by molar-refractivity contribution is -0.147. The molecule has 25 heavy (non-hydrogen) atoms. The number of rotatable bonds is 3. The van der Waals surface area contributed by atoms with Crippen LogP contribution in [0.5, 0.6) is 0 Å². The Morgan fingerprint density at radius 3 is 2.16 bits per heavy atom. The Hall–Kier alpha value is -2.83. The maximum Gasteiger partial charge on any atom is 0.321 e. The fraction of sp³-hybridized carbons (Fsp3) is 0.389. The fourth-order valence-corrected chi connectivity index (χ4v) is 3.06. The van der Waals surface area contributed by atoms with Crippen LogP contribution in [0.3, 0.4) is 0 Å². The molecule has 3 rings (SSSR count). The molecule has 1 aromatic carbocycles. The maximum atomic E-state index is 12.4. The van der Waals surface area contributed by atoms with Crippen LogP contribution < -0.4 is 5.32 Å². The SMILES string of the molecule is C=CC(=O)N1CC(C(=O)N2CCN(C(=O)Nc3ccccc3)CC2)C1. The van der Waals surface area contributed by atoms with Crippen LogP contribution in [0.25, 0.3) is 0 Å². The molecule has 2 aliphatic rings. The van der Waals surface area contributed by atoms with Gasteiger partial charge >= 0.3 is 6.03 Å². The van der Waals surface area contributed by atoms with E-state index in [0.29, 0.717) is 39.3 Å². The van der Waals surface area contributed by atoms with E-state index in [1.165, 1.54) is 6.08 Å². The van der Waals surface area contributed by atoms with Crippen molar-refractivity contribution in [3.63, 3.8) is 0 Å². The Bertz CT molecular complexity index is 662. The molecule has 0 unspecified atom stereocenters. The zero-order valence-corrected chi connectivity index (χ0v) is 14.1. The van der Waals surface area contributed by atoms with E-state index >= 15 is 0 Å². The lowest BCUT2D eigenvalue weighted by Crippen LogP contribution is -2.59. The summed E-state index contributed by atoms with van der Waals surface area (Å²) in [6.07, 6.45) is 1.27. The summed E-state index contributed by atoms with van der Waals surface area (Å²) in [7, 11) is 0. The van der Waals surface area contributed by atoms with Gasteiger partial charge in [0, 0.05) is 45.0 Å². The highest BCUT2D eigenvalue weighted by Gasteiger charge is 2.38. The zero-order chi connectivity index (χ0) is 17.8. The summed E-state index contributed by atoms with van der Waals surface area (Å²) < 4.78 is 0. The first-order chi connectivity index (χ1) is 12.1. The number of benzene rings is 1. The molecule has 7 heteroatoms. The van der Waals surface area contributed by atoms with Crippen molar-refractivity contribution in [2.75, 3.05) is 44.6 Å². The largest absolute Gasteiger partial charge is 0.339 e. The van der Waals surface area contributed by atoms with Gasteiger partial charge in [0.15, 0.2) is 0 Å². The first kappa shape index (κ1) is 17.0. The molecule has 2 aliphatic heterocycles. The molecule has 1 aromatic rings. The molecular weight excluding hydrogens is 320 g/mol. The highest BCUT2D eigenvalue weighted by molar-refractivity contribution is 5.91. The number of nitrogens with one attached hydrogen (secondary N) is 1. The van der Waals surface area contributed by atoms with Crippen molar-refractivity contribution < 1.29 is 14.4 Å². The number of carbonyl (C=O) groups is 3. The third-order valence-corrected chi connectivity index (χ3v) is 4.62. The molecule has 0 aliphatic carbocycles. The summed E-state index contributed by atoms with van der Waals surface area (Å²) in [5.74, 6) is -0.198. The van der Waals surface area contributed by atoms with E-state index in [4.69, 9.17) is 0 Å². The van der Waals surface area contributed by atoms with Crippen molar-refractivity contribution in [2.45, 2.75) is 0 Å². The summed E-state index contributed by atoms with van der Waals surface area (Å²) in [5.41, 5.74) is 0.757. The topological polar surface area (TPSA) is 73.0 Å². The van der Waals surface area contributed by atoms with Gasteiger partial charge in [0.1, 0.15) is 0 Å². The van der Waals surface area contributed by atoms with Crippen LogP contribution in [0.4, 0.5) is 10.5 Å². The summed E-state index contributed by atoms with van der Waals surface area (Å²) >= 11 is 0. The molecule has 0 atom stereocenters. The summed E-state index contributed by atoms with van der Waals surface area (Å²) in [5, 5.41) is 2.86. The molecule has 7 nitrogen and oxygen atoms in total. The van der Waals surface area contributed by atoms with Gasteiger partial charge in [-0.3, -0.25) is 9.59 Å². The van der Waals surface area contributed by atoms with Gasteiger partial charge in [-0.05, 0) is 18.2 Å². The number of amides is 4. The number of anilines is 1. The number of piperazine rings is 1. The van der Waals surface area contributed by atoms with Crippen LogP contribution in [-0.2, 0) is 9.59 Å². The third kappa shape index (κ3) is 3.81. The van der Waals surface area contributed by atoms with E-state index in [2.05, 4.69) is 11.9 Å². The summed E-state index contributed by atoms with van der Waals surface area (Å²) in [4.78, 5) is 41.2. The Morgan fingerprint density at radius 2 is 1.56 bits per heavy atom. The third-order valence-electron chi connectivity index (χ3n) is 4.62. The van der Waals surface area contributed by atoms with Crippen LogP contribution in [-0.4, -0.2) is 71.8 Å². The highest BCUT2D eigenvalue weighted by atomic mass is 16.2. The smallest absolute Gasteiger partial charge is 0.321 e. The van der Waals surface area contributed by atoms with Gasteiger partial charge in [0.2, 0.25) is 11.8 Å². The zero-order valence-electron chi connectivity index (χ0n) is 14.1. The molecule has 2 fully saturated rings. The Labute approximate surface area is 146 Å².